The van der Waals surface area contributed by atoms with E-state index in [0.717, 1.165) is 10.3 Å². The van der Waals surface area contributed by atoms with Gasteiger partial charge in [0.2, 0.25) is 5.91 Å². The summed E-state index contributed by atoms with van der Waals surface area (Å²) in [5, 5.41) is 11.1. The van der Waals surface area contributed by atoms with Crippen molar-refractivity contribution in [3.8, 4) is 0 Å². The Morgan fingerprint density at radius 2 is 1.58 bits per heavy atom. The molecule has 31 heavy (non-hydrogen) atoms. The molecule has 2 aromatic carbocycles. The molecule has 0 saturated heterocycles. The molecular formula is C21H19N7O3. The smallest absolute Gasteiger partial charge is 0.325 e. The first-order valence-corrected chi connectivity index (χ1v) is 9.41. The maximum Gasteiger partial charge on any atom is 0.332 e. The number of carbonyl (C=O) groups is 1. The second kappa shape index (κ2) is 8.19. The van der Waals surface area contributed by atoms with Crippen LogP contribution in [0.25, 0.3) is 11.2 Å². The minimum atomic E-state index is -0.503. The van der Waals surface area contributed by atoms with Crippen molar-refractivity contribution in [3.63, 3.8) is 0 Å². The summed E-state index contributed by atoms with van der Waals surface area (Å²) in [6.45, 7) is -0.126. The average molecular weight is 417 g/mol. The largest absolute Gasteiger partial charge is 0.332 e. The van der Waals surface area contributed by atoms with Crippen LogP contribution >= 0.6 is 0 Å². The average Bonchev–Trinajstić information content (AvgIpc) is 3.20. The van der Waals surface area contributed by atoms with E-state index in [1.807, 2.05) is 30.3 Å². The summed E-state index contributed by atoms with van der Waals surface area (Å²) in [5.41, 5.74) is 1.41. The molecule has 10 heteroatoms. The summed E-state index contributed by atoms with van der Waals surface area (Å²) < 4.78 is 3.68. The number of hydrogen-bond acceptors (Lipinski definition) is 6. The number of hydrogen-bond donors (Lipinski definition) is 1. The van der Waals surface area contributed by atoms with Crippen molar-refractivity contribution in [1.82, 2.24) is 18.7 Å². The first-order chi connectivity index (χ1) is 14.9. The van der Waals surface area contributed by atoms with Crippen LogP contribution in [0.3, 0.4) is 0 Å². The number of benzene rings is 2. The fraction of sp³-hybridized carbons (Fsp3) is 0.143. The molecule has 0 fully saturated rings. The van der Waals surface area contributed by atoms with Crippen LogP contribution in [0.2, 0.25) is 0 Å². The first-order valence-electron chi connectivity index (χ1n) is 9.41. The Labute approximate surface area is 176 Å². The topological polar surface area (TPSA) is 116 Å². The molecule has 1 amide bonds. The SMILES string of the molecule is Cn1c(=O)c2c(ncn2CC(=O)Nc2ccc(N=Nc3ccccc3)cc2)n(C)c1=O. The standard InChI is InChI=1S/C21H19N7O3/c1-26-19-18(20(30)27(2)21(26)31)28(13-22-19)12-17(29)23-14-8-10-16(11-9-14)25-24-15-6-4-3-5-7-15/h3-11,13H,12H2,1-2H3,(H,23,29). The number of aryl methyl sites for hydroxylation is 1. The number of nitrogens with zero attached hydrogens (tertiary/aromatic N) is 6. The van der Waals surface area contributed by atoms with Gasteiger partial charge in [0.1, 0.15) is 6.54 Å². The van der Waals surface area contributed by atoms with Crippen molar-refractivity contribution < 1.29 is 4.79 Å². The van der Waals surface area contributed by atoms with Crippen molar-refractivity contribution in [2.45, 2.75) is 6.54 Å². The van der Waals surface area contributed by atoms with Crippen LogP contribution in [0.4, 0.5) is 17.1 Å². The quantitative estimate of drug-likeness (QED) is 0.502. The van der Waals surface area contributed by atoms with E-state index in [2.05, 4.69) is 20.5 Å². The van der Waals surface area contributed by atoms with E-state index in [-0.39, 0.29) is 23.6 Å². The molecule has 4 rings (SSSR count). The molecule has 0 unspecified atom stereocenters. The molecule has 0 aliphatic rings. The van der Waals surface area contributed by atoms with Gasteiger partial charge in [0, 0.05) is 19.8 Å². The molecule has 0 saturated carbocycles. The molecule has 0 radical (unpaired) electrons. The van der Waals surface area contributed by atoms with Gasteiger partial charge in [-0.05, 0) is 36.4 Å². The lowest BCUT2D eigenvalue weighted by molar-refractivity contribution is -0.116. The summed E-state index contributed by atoms with van der Waals surface area (Å²) in [4.78, 5) is 41.1. The molecule has 10 nitrogen and oxygen atoms in total. The van der Waals surface area contributed by atoms with Gasteiger partial charge in [0.15, 0.2) is 11.2 Å². The summed E-state index contributed by atoms with van der Waals surface area (Å²) >= 11 is 0. The van der Waals surface area contributed by atoms with E-state index in [1.165, 1.54) is 29.6 Å². The van der Waals surface area contributed by atoms with Gasteiger partial charge in [-0.1, -0.05) is 18.2 Å². The van der Waals surface area contributed by atoms with Gasteiger partial charge in [0.25, 0.3) is 5.56 Å². The molecule has 0 bridgehead atoms. The molecule has 156 valence electrons. The number of nitrogens with one attached hydrogen (secondary N) is 1. The number of amides is 1. The molecule has 1 N–H and O–H groups in total. The number of fused-ring (bicyclic) bond motifs is 1. The van der Waals surface area contributed by atoms with Gasteiger partial charge in [0.05, 0.1) is 17.7 Å². The highest BCUT2D eigenvalue weighted by atomic mass is 16.2. The minimum Gasteiger partial charge on any atom is -0.325 e. The second-order valence-corrected chi connectivity index (χ2v) is 6.88. The monoisotopic (exact) mass is 417 g/mol. The van der Waals surface area contributed by atoms with Crippen LogP contribution < -0.4 is 16.6 Å². The molecule has 4 aromatic rings. The zero-order valence-corrected chi connectivity index (χ0v) is 16.9. The Balaban J connectivity index is 1.48. The van der Waals surface area contributed by atoms with Crippen molar-refractivity contribution in [2.75, 3.05) is 5.32 Å². The molecule has 0 aliphatic heterocycles. The molecule has 0 atom stereocenters. The summed E-state index contributed by atoms with van der Waals surface area (Å²) in [6.07, 6.45) is 1.37. The Hall–Kier alpha value is -4.34. The lowest BCUT2D eigenvalue weighted by atomic mass is 10.3. The van der Waals surface area contributed by atoms with Gasteiger partial charge >= 0.3 is 5.69 Å². The van der Waals surface area contributed by atoms with Crippen molar-refractivity contribution in [3.05, 3.63) is 81.8 Å². The number of anilines is 1. The number of rotatable bonds is 5. The van der Waals surface area contributed by atoms with Crippen LogP contribution in [-0.2, 0) is 25.4 Å². The number of azo groups is 1. The third kappa shape index (κ3) is 4.04. The maximum absolute atomic E-state index is 12.5. The van der Waals surface area contributed by atoms with Gasteiger partial charge in [-0.2, -0.15) is 10.2 Å². The van der Waals surface area contributed by atoms with Gasteiger partial charge in [-0.3, -0.25) is 18.7 Å². The molecule has 2 heterocycles. The molecule has 0 spiro atoms. The maximum atomic E-state index is 12.5. The highest BCUT2D eigenvalue weighted by Gasteiger charge is 2.16. The van der Waals surface area contributed by atoms with E-state index in [4.69, 9.17) is 0 Å². The van der Waals surface area contributed by atoms with E-state index >= 15 is 0 Å². The summed E-state index contributed by atoms with van der Waals surface area (Å²) in [7, 11) is 2.91. The Kier molecular flexibility index (Phi) is 5.27. The Morgan fingerprint density at radius 3 is 2.26 bits per heavy atom. The Bertz CT molecular complexity index is 1400. The summed E-state index contributed by atoms with van der Waals surface area (Å²) in [6, 6.07) is 16.3. The van der Waals surface area contributed by atoms with E-state index in [0.29, 0.717) is 11.4 Å². The zero-order chi connectivity index (χ0) is 22.0. The highest BCUT2D eigenvalue weighted by Crippen LogP contribution is 2.20. The second-order valence-electron chi connectivity index (χ2n) is 6.88. The predicted octanol–water partition coefficient (Wildman–Crippen LogP) is 2.49. The van der Waals surface area contributed by atoms with Crippen LogP contribution in [-0.4, -0.2) is 24.6 Å². The number of carbonyl (C=O) groups excluding carboxylic acids is 1. The third-order valence-corrected chi connectivity index (χ3v) is 4.72. The van der Waals surface area contributed by atoms with Crippen molar-refractivity contribution in [2.24, 2.45) is 24.3 Å². The zero-order valence-electron chi connectivity index (χ0n) is 16.9. The molecule has 0 aliphatic carbocycles. The first kappa shape index (κ1) is 20.0. The van der Waals surface area contributed by atoms with Crippen LogP contribution in [0, 0.1) is 0 Å². The summed E-state index contributed by atoms with van der Waals surface area (Å²) in [5.74, 6) is -0.339. The van der Waals surface area contributed by atoms with Crippen LogP contribution in [0.15, 0.2) is 80.7 Å². The van der Waals surface area contributed by atoms with Crippen molar-refractivity contribution >= 4 is 34.1 Å². The normalized spacial score (nSPS) is 11.3. The van der Waals surface area contributed by atoms with Gasteiger partial charge in [-0.15, -0.1) is 0 Å². The molecular weight excluding hydrogens is 398 g/mol. The lowest BCUT2D eigenvalue weighted by Gasteiger charge is -2.08. The van der Waals surface area contributed by atoms with E-state index in [1.54, 1.807) is 24.3 Å². The Morgan fingerprint density at radius 1 is 0.935 bits per heavy atom. The highest BCUT2D eigenvalue weighted by molar-refractivity contribution is 5.91. The number of aromatic nitrogens is 4. The fourth-order valence-electron chi connectivity index (χ4n) is 3.09. The van der Waals surface area contributed by atoms with Crippen LogP contribution in [0.5, 0.6) is 0 Å². The predicted molar refractivity (Wildman–Crippen MR) is 116 cm³/mol. The van der Waals surface area contributed by atoms with E-state index < -0.39 is 11.2 Å². The number of imidazole rings is 1. The minimum absolute atomic E-state index is 0.126. The van der Waals surface area contributed by atoms with Gasteiger partial charge in [-0.25, -0.2) is 9.78 Å². The molecule has 2 aromatic heterocycles. The van der Waals surface area contributed by atoms with Gasteiger partial charge < -0.3 is 9.88 Å². The fourth-order valence-corrected chi connectivity index (χ4v) is 3.09. The van der Waals surface area contributed by atoms with Crippen molar-refractivity contribution in [1.29, 1.82) is 0 Å². The van der Waals surface area contributed by atoms with Crippen LogP contribution in [0.1, 0.15) is 0 Å². The third-order valence-electron chi connectivity index (χ3n) is 4.72. The van der Waals surface area contributed by atoms with E-state index in [9.17, 15) is 14.4 Å². The lowest BCUT2D eigenvalue weighted by Crippen LogP contribution is -2.37.